The van der Waals surface area contributed by atoms with Crippen molar-refractivity contribution >= 4 is 0 Å². The van der Waals surface area contributed by atoms with Crippen LogP contribution in [0, 0.1) is 31.0 Å². The lowest BCUT2D eigenvalue weighted by Gasteiger charge is -2.10. The fourth-order valence-corrected chi connectivity index (χ4v) is 1.96. The van der Waals surface area contributed by atoms with Crippen LogP contribution in [0.2, 0.25) is 0 Å². The summed E-state index contributed by atoms with van der Waals surface area (Å²) in [6, 6.07) is 7.71. The van der Waals surface area contributed by atoms with Crippen LogP contribution in [0.5, 0.6) is 0 Å². The summed E-state index contributed by atoms with van der Waals surface area (Å²) in [5.41, 5.74) is 1.82. The molecule has 0 aliphatic carbocycles. The lowest BCUT2D eigenvalue weighted by molar-refractivity contribution is 0.619. The SMILES string of the molecule is Cc1cc(C)n(Cc2cc(F)cc(C#N)c2)c(=O)n1. The van der Waals surface area contributed by atoms with E-state index in [9.17, 15) is 9.18 Å². The quantitative estimate of drug-likeness (QED) is 0.825. The molecule has 0 aliphatic heterocycles. The number of benzene rings is 1. The van der Waals surface area contributed by atoms with Gasteiger partial charge in [-0.1, -0.05) is 0 Å². The minimum Gasteiger partial charge on any atom is -0.292 e. The van der Waals surface area contributed by atoms with Crippen molar-refractivity contribution in [3.8, 4) is 6.07 Å². The third-order valence-corrected chi connectivity index (χ3v) is 2.77. The second-order valence-electron chi connectivity index (χ2n) is 4.37. The summed E-state index contributed by atoms with van der Waals surface area (Å²) in [5, 5.41) is 8.80. The maximum absolute atomic E-state index is 13.3. The number of nitriles is 1. The highest BCUT2D eigenvalue weighted by Crippen LogP contribution is 2.10. The highest BCUT2D eigenvalue weighted by atomic mass is 19.1. The number of aryl methyl sites for hydroxylation is 2. The second kappa shape index (κ2) is 5.02. The molecular weight excluding hydrogens is 245 g/mol. The standard InChI is InChI=1S/C14H12FN3O/c1-9-3-10(2)18(14(19)17-9)8-12-4-11(7-16)5-13(15)6-12/h3-6H,8H2,1-2H3. The first kappa shape index (κ1) is 13.0. The Morgan fingerprint density at radius 2 is 2.05 bits per heavy atom. The molecule has 5 heteroatoms. The van der Waals surface area contributed by atoms with Gasteiger partial charge in [-0.3, -0.25) is 4.57 Å². The topological polar surface area (TPSA) is 58.7 Å². The van der Waals surface area contributed by atoms with E-state index in [1.165, 1.54) is 10.6 Å². The van der Waals surface area contributed by atoms with Crippen molar-refractivity contribution in [2.75, 3.05) is 0 Å². The van der Waals surface area contributed by atoms with Crippen molar-refractivity contribution in [3.63, 3.8) is 0 Å². The molecule has 0 amide bonds. The van der Waals surface area contributed by atoms with Gasteiger partial charge in [0.15, 0.2) is 0 Å². The Labute approximate surface area is 109 Å². The third-order valence-electron chi connectivity index (χ3n) is 2.77. The van der Waals surface area contributed by atoms with Crippen LogP contribution in [0.15, 0.2) is 29.1 Å². The van der Waals surface area contributed by atoms with Crippen LogP contribution in [0.25, 0.3) is 0 Å². The van der Waals surface area contributed by atoms with Gasteiger partial charge in [-0.05, 0) is 43.7 Å². The van der Waals surface area contributed by atoms with Crippen molar-refractivity contribution < 1.29 is 4.39 Å². The first-order valence-corrected chi connectivity index (χ1v) is 5.74. The Hall–Kier alpha value is -2.48. The molecule has 0 aliphatic rings. The molecule has 1 aromatic carbocycles. The van der Waals surface area contributed by atoms with Gasteiger partial charge in [0, 0.05) is 11.4 Å². The Kier molecular flexibility index (Phi) is 3.43. The molecule has 2 aromatic rings. The van der Waals surface area contributed by atoms with E-state index in [0.29, 0.717) is 11.3 Å². The van der Waals surface area contributed by atoms with E-state index in [2.05, 4.69) is 4.98 Å². The smallest absolute Gasteiger partial charge is 0.292 e. The zero-order valence-electron chi connectivity index (χ0n) is 10.6. The minimum absolute atomic E-state index is 0.199. The largest absolute Gasteiger partial charge is 0.348 e. The van der Waals surface area contributed by atoms with E-state index in [0.717, 1.165) is 11.8 Å². The maximum atomic E-state index is 13.3. The van der Waals surface area contributed by atoms with Gasteiger partial charge in [0.25, 0.3) is 0 Å². The zero-order chi connectivity index (χ0) is 14.0. The van der Waals surface area contributed by atoms with Gasteiger partial charge in [-0.15, -0.1) is 0 Å². The first-order valence-electron chi connectivity index (χ1n) is 5.74. The van der Waals surface area contributed by atoms with Crippen LogP contribution >= 0.6 is 0 Å². The summed E-state index contributed by atoms with van der Waals surface area (Å²) in [6.45, 7) is 3.74. The lowest BCUT2D eigenvalue weighted by Crippen LogP contribution is -2.26. The van der Waals surface area contributed by atoms with Crippen LogP contribution in [0.3, 0.4) is 0 Å². The maximum Gasteiger partial charge on any atom is 0.348 e. The highest BCUT2D eigenvalue weighted by molar-refractivity contribution is 5.33. The van der Waals surface area contributed by atoms with Gasteiger partial charge in [-0.2, -0.15) is 10.2 Å². The third kappa shape index (κ3) is 2.86. The molecule has 0 radical (unpaired) electrons. The van der Waals surface area contributed by atoms with E-state index in [1.54, 1.807) is 26.0 Å². The lowest BCUT2D eigenvalue weighted by atomic mass is 10.1. The average Bonchev–Trinajstić information content (AvgIpc) is 2.33. The predicted molar refractivity (Wildman–Crippen MR) is 68.2 cm³/mol. The molecule has 0 N–H and O–H groups in total. The molecule has 1 heterocycles. The van der Waals surface area contributed by atoms with Crippen molar-refractivity contribution in [1.29, 1.82) is 5.26 Å². The van der Waals surface area contributed by atoms with Crippen molar-refractivity contribution in [2.24, 2.45) is 0 Å². The van der Waals surface area contributed by atoms with Gasteiger partial charge >= 0.3 is 5.69 Å². The molecule has 0 unspecified atom stereocenters. The van der Waals surface area contributed by atoms with Crippen molar-refractivity contribution in [1.82, 2.24) is 9.55 Å². The molecule has 96 valence electrons. The molecule has 0 atom stereocenters. The van der Waals surface area contributed by atoms with E-state index in [1.807, 2.05) is 6.07 Å². The summed E-state index contributed by atoms with van der Waals surface area (Å²) in [5.74, 6) is -0.486. The number of halogens is 1. The minimum atomic E-state index is -0.486. The summed E-state index contributed by atoms with van der Waals surface area (Å²) < 4.78 is 14.8. The van der Waals surface area contributed by atoms with Crippen LogP contribution in [0.4, 0.5) is 4.39 Å². The molecule has 4 nitrogen and oxygen atoms in total. The van der Waals surface area contributed by atoms with E-state index >= 15 is 0 Å². The fourth-order valence-electron chi connectivity index (χ4n) is 1.96. The molecule has 1 aromatic heterocycles. The normalized spacial score (nSPS) is 10.2. The molecule has 0 fully saturated rings. The Morgan fingerprint density at radius 3 is 2.68 bits per heavy atom. The van der Waals surface area contributed by atoms with Crippen LogP contribution in [0.1, 0.15) is 22.5 Å². The predicted octanol–water partition coefficient (Wildman–Crippen LogP) is 1.92. The van der Waals surface area contributed by atoms with Crippen molar-refractivity contribution in [2.45, 2.75) is 20.4 Å². The number of rotatable bonds is 2. The van der Waals surface area contributed by atoms with Gasteiger partial charge < -0.3 is 0 Å². The molecule has 0 bridgehead atoms. The zero-order valence-corrected chi connectivity index (χ0v) is 10.6. The Bertz CT molecular complexity index is 728. The Morgan fingerprint density at radius 1 is 1.32 bits per heavy atom. The van der Waals surface area contributed by atoms with Gasteiger partial charge in [-0.25, -0.2) is 9.18 Å². The van der Waals surface area contributed by atoms with Gasteiger partial charge in [0.1, 0.15) is 5.82 Å². The van der Waals surface area contributed by atoms with Gasteiger partial charge in [0.2, 0.25) is 0 Å². The van der Waals surface area contributed by atoms with Crippen molar-refractivity contribution in [3.05, 3.63) is 63.1 Å². The summed E-state index contributed by atoms with van der Waals surface area (Å²) >= 11 is 0. The van der Waals surface area contributed by atoms with Gasteiger partial charge in [0.05, 0.1) is 18.2 Å². The first-order chi connectivity index (χ1) is 8.99. The average molecular weight is 257 g/mol. The summed E-state index contributed by atoms with van der Waals surface area (Å²) in [6.07, 6.45) is 0. The van der Waals surface area contributed by atoms with E-state index in [-0.39, 0.29) is 17.8 Å². The number of hydrogen-bond acceptors (Lipinski definition) is 3. The number of aromatic nitrogens is 2. The monoisotopic (exact) mass is 257 g/mol. The van der Waals surface area contributed by atoms with Crippen LogP contribution < -0.4 is 5.69 Å². The fraction of sp³-hybridized carbons (Fsp3) is 0.214. The highest BCUT2D eigenvalue weighted by Gasteiger charge is 2.06. The second-order valence-corrected chi connectivity index (χ2v) is 4.37. The molecule has 0 saturated carbocycles. The number of nitrogens with zero attached hydrogens (tertiary/aromatic N) is 3. The Balaban J connectivity index is 2.45. The van der Waals surface area contributed by atoms with E-state index in [4.69, 9.17) is 5.26 Å². The summed E-state index contributed by atoms with van der Waals surface area (Å²) in [7, 11) is 0. The van der Waals surface area contributed by atoms with Crippen LogP contribution in [-0.4, -0.2) is 9.55 Å². The molecule has 0 saturated heterocycles. The molecular formula is C14H12FN3O. The van der Waals surface area contributed by atoms with Crippen LogP contribution in [-0.2, 0) is 6.54 Å². The molecule has 0 spiro atoms. The number of hydrogen-bond donors (Lipinski definition) is 0. The van der Waals surface area contributed by atoms with E-state index < -0.39 is 5.82 Å². The summed E-state index contributed by atoms with van der Waals surface area (Å²) in [4.78, 5) is 15.6. The molecule has 19 heavy (non-hydrogen) atoms. The molecule has 2 rings (SSSR count).